The Morgan fingerprint density at radius 2 is 1.42 bits per heavy atom. The van der Waals surface area contributed by atoms with Crippen LogP contribution in [0.1, 0.15) is 68.7 Å². The maximum Gasteiger partial charge on any atom is 0.251 e. The van der Waals surface area contributed by atoms with Gasteiger partial charge in [0, 0.05) is 22.4 Å². The highest BCUT2D eigenvalue weighted by Crippen LogP contribution is 2.16. The lowest BCUT2D eigenvalue weighted by molar-refractivity contribution is -0.118. The first-order valence-electron chi connectivity index (χ1n) is 11.3. The number of nitrogens with one attached hydrogen (secondary N) is 3. The zero-order valence-electron chi connectivity index (χ0n) is 20.3. The predicted octanol–water partition coefficient (Wildman–Crippen LogP) is 4.40. The van der Waals surface area contributed by atoms with Gasteiger partial charge in [0.15, 0.2) is 0 Å². The summed E-state index contributed by atoms with van der Waals surface area (Å²) < 4.78 is 5.40. The normalized spacial score (nSPS) is 12.1. The molecule has 0 bridgehead atoms. The lowest BCUT2D eigenvalue weighted by atomic mass is 10.0. The minimum absolute atomic E-state index is 0.127. The molecule has 0 aromatic heterocycles. The summed E-state index contributed by atoms with van der Waals surface area (Å²) in [5.41, 5.74) is 1.21. The molecular formula is C26H35N3O4. The van der Waals surface area contributed by atoms with Gasteiger partial charge in [0.05, 0.1) is 6.61 Å². The van der Waals surface area contributed by atoms with Crippen molar-refractivity contribution in [2.45, 2.75) is 59.5 Å². The molecule has 0 aliphatic carbocycles. The van der Waals surface area contributed by atoms with Gasteiger partial charge in [0.2, 0.25) is 5.91 Å². The maximum absolute atomic E-state index is 12.9. The predicted molar refractivity (Wildman–Crippen MR) is 131 cm³/mol. The monoisotopic (exact) mass is 453 g/mol. The average Bonchev–Trinajstić information content (AvgIpc) is 2.78. The van der Waals surface area contributed by atoms with Crippen LogP contribution in [0.4, 0.5) is 5.69 Å². The number of hydrogen-bond acceptors (Lipinski definition) is 4. The van der Waals surface area contributed by atoms with Gasteiger partial charge in [0.1, 0.15) is 11.8 Å². The largest absolute Gasteiger partial charge is 0.494 e. The second-order valence-corrected chi connectivity index (χ2v) is 8.91. The van der Waals surface area contributed by atoms with E-state index in [1.165, 1.54) is 0 Å². The Bertz CT molecular complexity index is 951. The quantitative estimate of drug-likeness (QED) is 0.497. The number of hydrogen-bond donors (Lipinski definition) is 3. The van der Waals surface area contributed by atoms with Gasteiger partial charge in [0.25, 0.3) is 11.8 Å². The molecule has 0 radical (unpaired) electrons. The summed E-state index contributed by atoms with van der Waals surface area (Å²) in [6.45, 7) is 12.1. The lowest BCUT2D eigenvalue weighted by Gasteiger charge is -2.24. The summed E-state index contributed by atoms with van der Waals surface area (Å²) in [5.74, 6) is -0.269. The number of carbonyl (C=O) groups is 3. The van der Waals surface area contributed by atoms with Crippen LogP contribution in [0.15, 0.2) is 48.5 Å². The van der Waals surface area contributed by atoms with E-state index in [0.717, 1.165) is 6.42 Å². The molecule has 2 aromatic rings. The summed E-state index contributed by atoms with van der Waals surface area (Å²) in [6.07, 6.45) is 0.811. The third-order valence-corrected chi connectivity index (χ3v) is 5.41. The molecule has 3 N–H and O–H groups in total. The molecule has 2 rings (SSSR count). The Balaban J connectivity index is 2.03. The van der Waals surface area contributed by atoms with Crippen LogP contribution in [-0.4, -0.2) is 35.9 Å². The van der Waals surface area contributed by atoms with Crippen LogP contribution in [0.3, 0.4) is 0 Å². The Morgan fingerprint density at radius 1 is 0.879 bits per heavy atom. The van der Waals surface area contributed by atoms with Crippen molar-refractivity contribution in [3.05, 3.63) is 59.7 Å². The highest BCUT2D eigenvalue weighted by molar-refractivity contribution is 6.01. The molecule has 0 spiro atoms. The topological polar surface area (TPSA) is 96.5 Å². The van der Waals surface area contributed by atoms with E-state index in [1.807, 2.05) is 41.5 Å². The first-order valence-corrected chi connectivity index (χ1v) is 11.3. The minimum Gasteiger partial charge on any atom is -0.494 e. The molecule has 33 heavy (non-hydrogen) atoms. The van der Waals surface area contributed by atoms with Gasteiger partial charge in [-0.1, -0.05) is 20.8 Å². The van der Waals surface area contributed by atoms with Gasteiger partial charge < -0.3 is 20.7 Å². The van der Waals surface area contributed by atoms with Crippen molar-refractivity contribution in [2.24, 2.45) is 5.92 Å². The summed E-state index contributed by atoms with van der Waals surface area (Å²) in [5, 5.41) is 8.62. The molecule has 3 amide bonds. The lowest BCUT2D eigenvalue weighted by Crippen LogP contribution is -2.47. The summed E-state index contributed by atoms with van der Waals surface area (Å²) in [7, 11) is 0. The van der Waals surface area contributed by atoms with Crippen LogP contribution >= 0.6 is 0 Å². The summed E-state index contributed by atoms with van der Waals surface area (Å²) in [4.78, 5) is 38.0. The van der Waals surface area contributed by atoms with Crippen molar-refractivity contribution in [3.8, 4) is 5.75 Å². The number of carbonyl (C=O) groups excluding carboxylic acids is 3. The van der Waals surface area contributed by atoms with Crippen molar-refractivity contribution in [1.29, 1.82) is 0 Å². The van der Waals surface area contributed by atoms with Gasteiger partial charge >= 0.3 is 0 Å². The summed E-state index contributed by atoms with van der Waals surface area (Å²) >= 11 is 0. The highest BCUT2D eigenvalue weighted by Gasteiger charge is 2.25. The van der Waals surface area contributed by atoms with E-state index in [0.29, 0.717) is 29.2 Å². The standard InChI is InChI=1S/C26H35N3O4/c1-7-26(5,6)29-24(31)19-9-13-20(14-10-19)27-25(32)22(17(3)4)28-23(30)18-11-15-21(16-12-18)33-8-2/h9-17,22H,7-8H2,1-6H3,(H,27,32)(H,28,30)(H,29,31). The van der Waals surface area contributed by atoms with E-state index >= 15 is 0 Å². The van der Waals surface area contributed by atoms with Crippen molar-refractivity contribution < 1.29 is 19.1 Å². The van der Waals surface area contributed by atoms with Crippen LogP contribution in [0.25, 0.3) is 0 Å². The second kappa shape index (κ2) is 11.5. The number of ether oxygens (including phenoxy) is 1. The fourth-order valence-electron chi connectivity index (χ4n) is 3.02. The first kappa shape index (κ1) is 25.9. The summed E-state index contributed by atoms with van der Waals surface area (Å²) in [6, 6.07) is 12.7. The molecule has 2 aromatic carbocycles. The molecule has 0 aliphatic rings. The first-order chi connectivity index (χ1) is 15.6. The molecule has 0 saturated carbocycles. The van der Waals surface area contributed by atoms with E-state index in [2.05, 4.69) is 16.0 Å². The van der Waals surface area contributed by atoms with Crippen LogP contribution in [0, 0.1) is 5.92 Å². The molecule has 1 atom stereocenters. The molecule has 1 unspecified atom stereocenters. The maximum atomic E-state index is 12.9. The van der Waals surface area contributed by atoms with E-state index in [-0.39, 0.29) is 29.2 Å². The van der Waals surface area contributed by atoms with Crippen molar-refractivity contribution in [3.63, 3.8) is 0 Å². The van der Waals surface area contributed by atoms with E-state index in [1.54, 1.807) is 48.5 Å². The molecule has 7 heteroatoms. The fourth-order valence-corrected chi connectivity index (χ4v) is 3.02. The van der Waals surface area contributed by atoms with Crippen molar-refractivity contribution in [2.75, 3.05) is 11.9 Å². The smallest absolute Gasteiger partial charge is 0.251 e. The second-order valence-electron chi connectivity index (χ2n) is 8.91. The Hall–Kier alpha value is -3.35. The number of amides is 3. The number of rotatable bonds is 10. The van der Waals surface area contributed by atoms with Gasteiger partial charge in [-0.2, -0.15) is 0 Å². The third kappa shape index (κ3) is 7.63. The Labute approximate surface area is 196 Å². The molecule has 178 valence electrons. The number of anilines is 1. The molecule has 0 fully saturated rings. The van der Waals surface area contributed by atoms with Gasteiger partial charge in [-0.15, -0.1) is 0 Å². The minimum atomic E-state index is -0.725. The third-order valence-electron chi connectivity index (χ3n) is 5.41. The van der Waals surface area contributed by atoms with Crippen LogP contribution in [-0.2, 0) is 4.79 Å². The van der Waals surface area contributed by atoms with E-state index in [9.17, 15) is 14.4 Å². The zero-order valence-corrected chi connectivity index (χ0v) is 20.3. The average molecular weight is 454 g/mol. The number of benzene rings is 2. The molecule has 7 nitrogen and oxygen atoms in total. The van der Waals surface area contributed by atoms with Crippen LogP contribution in [0.5, 0.6) is 5.75 Å². The highest BCUT2D eigenvalue weighted by atomic mass is 16.5. The van der Waals surface area contributed by atoms with Crippen molar-refractivity contribution in [1.82, 2.24) is 10.6 Å². The molecule has 0 saturated heterocycles. The van der Waals surface area contributed by atoms with Gasteiger partial charge in [-0.25, -0.2) is 0 Å². The molecular weight excluding hydrogens is 418 g/mol. The van der Waals surface area contributed by atoms with Crippen LogP contribution < -0.4 is 20.7 Å². The van der Waals surface area contributed by atoms with Gasteiger partial charge in [-0.3, -0.25) is 14.4 Å². The van der Waals surface area contributed by atoms with Crippen LogP contribution in [0.2, 0.25) is 0 Å². The molecule has 0 aliphatic heterocycles. The van der Waals surface area contributed by atoms with Gasteiger partial charge in [-0.05, 0) is 81.6 Å². The fraction of sp³-hybridized carbons (Fsp3) is 0.423. The zero-order chi connectivity index (χ0) is 24.6. The van der Waals surface area contributed by atoms with E-state index < -0.39 is 6.04 Å². The SMILES string of the molecule is CCOc1ccc(C(=O)NC(C(=O)Nc2ccc(C(=O)NC(C)(C)CC)cc2)C(C)C)cc1. The molecule has 0 heterocycles. The van der Waals surface area contributed by atoms with Crippen molar-refractivity contribution >= 4 is 23.4 Å². The Kier molecular flexibility index (Phi) is 9.02. The Morgan fingerprint density at radius 3 is 1.94 bits per heavy atom. The van der Waals surface area contributed by atoms with E-state index in [4.69, 9.17) is 4.74 Å².